The number of rotatable bonds is 5. The smallest absolute Gasteiger partial charge is 0.266 e. The first kappa shape index (κ1) is 14.7. The highest BCUT2D eigenvalue weighted by Gasteiger charge is 2.38. The van der Waals surface area contributed by atoms with Crippen molar-refractivity contribution in [1.29, 1.82) is 0 Å². The van der Waals surface area contributed by atoms with Gasteiger partial charge in [-0.25, -0.2) is 0 Å². The fourth-order valence-electron chi connectivity index (χ4n) is 2.25. The Balaban J connectivity index is 1.88. The second-order valence-electron chi connectivity index (χ2n) is 4.71. The van der Waals surface area contributed by atoms with E-state index >= 15 is 0 Å². The van der Waals surface area contributed by atoms with Crippen LogP contribution in [0.3, 0.4) is 0 Å². The molecule has 2 heterocycles. The van der Waals surface area contributed by atoms with E-state index in [1.807, 2.05) is 0 Å². The van der Waals surface area contributed by atoms with E-state index in [0.717, 1.165) is 0 Å². The average molecular weight is 309 g/mol. The molecule has 1 atom stereocenters. The topological polar surface area (TPSA) is 108 Å². The summed E-state index contributed by atoms with van der Waals surface area (Å²) in [6.45, 7) is -0.0963. The van der Waals surface area contributed by atoms with Gasteiger partial charge in [0.1, 0.15) is 6.10 Å². The molecular formula is C15H11N5O3. The van der Waals surface area contributed by atoms with Crippen LogP contribution in [0.4, 0.5) is 0 Å². The highest BCUT2D eigenvalue weighted by Crippen LogP contribution is 2.26. The summed E-state index contributed by atoms with van der Waals surface area (Å²) in [5.41, 5.74) is 9.52. The SMILES string of the molecule is [N-]=[N+]=NCC(ON1C(=O)c2ccccc2C1=O)c1ccccn1. The molecule has 2 aromatic rings. The van der Waals surface area contributed by atoms with E-state index in [1.165, 1.54) is 0 Å². The summed E-state index contributed by atoms with van der Waals surface area (Å²) < 4.78 is 0. The van der Waals surface area contributed by atoms with Crippen LogP contribution in [0.1, 0.15) is 32.5 Å². The van der Waals surface area contributed by atoms with Crippen molar-refractivity contribution in [2.45, 2.75) is 6.10 Å². The molecule has 1 unspecified atom stereocenters. The minimum atomic E-state index is -0.839. The number of nitrogens with zero attached hydrogens (tertiary/aromatic N) is 5. The van der Waals surface area contributed by atoms with Crippen LogP contribution >= 0.6 is 0 Å². The Labute approximate surface area is 130 Å². The van der Waals surface area contributed by atoms with Crippen LogP contribution in [0.2, 0.25) is 0 Å². The number of amides is 2. The number of aromatic nitrogens is 1. The van der Waals surface area contributed by atoms with Crippen LogP contribution in [0.15, 0.2) is 53.8 Å². The van der Waals surface area contributed by atoms with Gasteiger partial charge < -0.3 is 0 Å². The fraction of sp³-hybridized carbons (Fsp3) is 0.133. The molecule has 8 nitrogen and oxygen atoms in total. The van der Waals surface area contributed by atoms with Gasteiger partial charge in [-0.1, -0.05) is 23.3 Å². The normalized spacial score (nSPS) is 14.3. The second kappa shape index (κ2) is 6.27. The summed E-state index contributed by atoms with van der Waals surface area (Å²) in [6, 6.07) is 11.6. The van der Waals surface area contributed by atoms with Gasteiger partial charge in [0.2, 0.25) is 0 Å². The minimum Gasteiger partial charge on any atom is -0.266 e. The van der Waals surface area contributed by atoms with Crippen molar-refractivity contribution < 1.29 is 14.4 Å². The van der Waals surface area contributed by atoms with Crippen molar-refractivity contribution in [3.8, 4) is 0 Å². The van der Waals surface area contributed by atoms with Gasteiger partial charge >= 0.3 is 0 Å². The van der Waals surface area contributed by atoms with E-state index in [-0.39, 0.29) is 17.7 Å². The van der Waals surface area contributed by atoms with Crippen molar-refractivity contribution in [3.05, 3.63) is 75.9 Å². The molecule has 3 rings (SSSR count). The molecule has 1 aliphatic heterocycles. The molecular weight excluding hydrogens is 298 g/mol. The highest BCUT2D eigenvalue weighted by molar-refractivity contribution is 6.20. The number of hydroxylamine groups is 2. The van der Waals surface area contributed by atoms with Gasteiger partial charge in [0.25, 0.3) is 11.8 Å². The lowest BCUT2D eigenvalue weighted by atomic mass is 10.1. The van der Waals surface area contributed by atoms with Crippen molar-refractivity contribution in [1.82, 2.24) is 10.0 Å². The van der Waals surface area contributed by atoms with Gasteiger partial charge in [0.05, 0.1) is 23.4 Å². The molecule has 0 fully saturated rings. The molecule has 114 valence electrons. The van der Waals surface area contributed by atoms with E-state index in [4.69, 9.17) is 10.4 Å². The molecule has 8 heteroatoms. The molecule has 1 aromatic carbocycles. The number of imide groups is 1. The average Bonchev–Trinajstić information content (AvgIpc) is 2.84. The molecule has 0 bridgehead atoms. The third-order valence-corrected chi connectivity index (χ3v) is 3.32. The first-order valence-electron chi connectivity index (χ1n) is 6.78. The monoisotopic (exact) mass is 309 g/mol. The lowest BCUT2D eigenvalue weighted by Crippen LogP contribution is -2.32. The van der Waals surface area contributed by atoms with Gasteiger partial charge in [-0.3, -0.25) is 19.4 Å². The van der Waals surface area contributed by atoms with Crippen LogP contribution in [-0.2, 0) is 4.84 Å². The van der Waals surface area contributed by atoms with Crippen LogP contribution in [0.25, 0.3) is 10.4 Å². The van der Waals surface area contributed by atoms with Crippen molar-refractivity contribution in [2.75, 3.05) is 6.54 Å². The quantitative estimate of drug-likeness (QED) is 0.366. The number of carbonyl (C=O) groups is 2. The Kier molecular flexibility index (Phi) is 4.01. The van der Waals surface area contributed by atoms with Gasteiger partial charge in [0, 0.05) is 11.1 Å². The molecule has 2 amide bonds. The fourth-order valence-corrected chi connectivity index (χ4v) is 2.25. The van der Waals surface area contributed by atoms with E-state index < -0.39 is 17.9 Å². The summed E-state index contributed by atoms with van der Waals surface area (Å²) in [5.74, 6) is -1.10. The van der Waals surface area contributed by atoms with Gasteiger partial charge in [-0.15, -0.1) is 5.06 Å². The predicted octanol–water partition coefficient (Wildman–Crippen LogP) is 2.66. The molecule has 1 aromatic heterocycles. The number of carbonyl (C=O) groups excluding carboxylic acids is 2. The summed E-state index contributed by atoms with van der Waals surface area (Å²) in [6.07, 6.45) is 0.707. The van der Waals surface area contributed by atoms with Crippen molar-refractivity contribution in [3.63, 3.8) is 0 Å². The van der Waals surface area contributed by atoms with E-state index in [0.29, 0.717) is 10.8 Å². The van der Waals surface area contributed by atoms with Gasteiger partial charge in [0.15, 0.2) is 0 Å². The zero-order valence-corrected chi connectivity index (χ0v) is 11.9. The molecule has 0 N–H and O–H groups in total. The molecule has 0 radical (unpaired) electrons. The Bertz CT molecular complexity index is 767. The van der Waals surface area contributed by atoms with Gasteiger partial charge in [-0.2, -0.15) is 0 Å². The van der Waals surface area contributed by atoms with Gasteiger partial charge in [-0.05, 0) is 29.8 Å². The number of azide groups is 1. The largest absolute Gasteiger partial charge is 0.285 e. The summed E-state index contributed by atoms with van der Waals surface area (Å²) >= 11 is 0. The number of benzene rings is 1. The van der Waals surface area contributed by atoms with Crippen LogP contribution in [0.5, 0.6) is 0 Å². The summed E-state index contributed by atoms with van der Waals surface area (Å²) in [5, 5.41) is 4.15. The molecule has 1 aliphatic rings. The van der Waals surface area contributed by atoms with Crippen LogP contribution in [-0.4, -0.2) is 28.4 Å². The van der Waals surface area contributed by atoms with E-state index in [9.17, 15) is 9.59 Å². The minimum absolute atomic E-state index is 0.0963. The number of hydrogen-bond acceptors (Lipinski definition) is 5. The number of fused-ring (bicyclic) bond motifs is 1. The third-order valence-electron chi connectivity index (χ3n) is 3.32. The Morgan fingerprint density at radius 3 is 2.35 bits per heavy atom. The maximum atomic E-state index is 12.3. The van der Waals surface area contributed by atoms with Crippen LogP contribution < -0.4 is 0 Å². The second-order valence-corrected chi connectivity index (χ2v) is 4.71. The maximum Gasteiger partial charge on any atom is 0.285 e. The van der Waals surface area contributed by atoms with E-state index in [1.54, 1.807) is 48.7 Å². The summed E-state index contributed by atoms with van der Waals surface area (Å²) in [7, 11) is 0. The molecule has 0 saturated heterocycles. The standard InChI is InChI=1S/C15H11N5O3/c16-19-18-9-13(12-7-3-4-8-17-12)23-20-14(21)10-5-1-2-6-11(10)15(20)22/h1-8,13H,9H2. The third kappa shape index (κ3) is 2.76. The molecule has 0 saturated carbocycles. The Morgan fingerprint density at radius 2 is 1.78 bits per heavy atom. The zero-order valence-electron chi connectivity index (χ0n) is 11.9. The molecule has 23 heavy (non-hydrogen) atoms. The Hall–Kier alpha value is -3.22. The first-order chi connectivity index (χ1) is 11.2. The number of pyridine rings is 1. The number of hydrogen-bond donors (Lipinski definition) is 0. The first-order valence-corrected chi connectivity index (χ1v) is 6.78. The predicted molar refractivity (Wildman–Crippen MR) is 79.0 cm³/mol. The lowest BCUT2D eigenvalue weighted by molar-refractivity contribution is -0.132. The Morgan fingerprint density at radius 1 is 1.13 bits per heavy atom. The van der Waals surface area contributed by atoms with Crippen molar-refractivity contribution in [2.24, 2.45) is 5.11 Å². The van der Waals surface area contributed by atoms with Crippen LogP contribution in [0, 0.1) is 0 Å². The molecule has 0 aliphatic carbocycles. The van der Waals surface area contributed by atoms with Crippen molar-refractivity contribution >= 4 is 11.8 Å². The molecule has 0 spiro atoms. The highest BCUT2D eigenvalue weighted by atomic mass is 16.7. The zero-order chi connectivity index (χ0) is 16.2. The summed E-state index contributed by atoms with van der Waals surface area (Å²) in [4.78, 5) is 36.9. The maximum absolute atomic E-state index is 12.3. The van der Waals surface area contributed by atoms with E-state index in [2.05, 4.69) is 15.0 Å². The lowest BCUT2D eigenvalue weighted by Gasteiger charge is -2.20.